The lowest BCUT2D eigenvalue weighted by Gasteiger charge is -2.10. The third-order valence-electron chi connectivity index (χ3n) is 3.86. The number of hydrogen-bond donors (Lipinski definition) is 1. The molecule has 0 bridgehead atoms. The molecule has 1 aromatic heterocycles. The Morgan fingerprint density at radius 1 is 1.12 bits per heavy atom. The molecule has 0 saturated carbocycles. The van der Waals surface area contributed by atoms with Crippen LogP contribution >= 0.6 is 0 Å². The molecule has 0 radical (unpaired) electrons. The van der Waals surface area contributed by atoms with Gasteiger partial charge in [0, 0.05) is 5.39 Å². The van der Waals surface area contributed by atoms with E-state index in [2.05, 4.69) is 5.32 Å². The van der Waals surface area contributed by atoms with Crippen molar-refractivity contribution in [3.8, 4) is 5.75 Å². The summed E-state index contributed by atoms with van der Waals surface area (Å²) >= 11 is 0. The normalized spacial score (nSPS) is 10.6. The third-order valence-corrected chi connectivity index (χ3v) is 3.86. The SMILES string of the molecule is Cc1ccc(OCCNC(=O)c2cc3ccccc3oc2=O)c(C)c1. The molecule has 0 spiro atoms. The van der Waals surface area contributed by atoms with E-state index in [1.165, 1.54) is 5.56 Å². The molecular formula is C20H19NO4. The van der Waals surface area contributed by atoms with Gasteiger partial charge in [0.1, 0.15) is 23.5 Å². The first-order valence-electron chi connectivity index (χ1n) is 8.06. The van der Waals surface area contributed by atoms with Crippen molar-refractivity contribution in [2.24, 2.45) is 0 Å². The quantitative estimate of drug-likeness (QED) is 0.573. The second-order valence-corrected chi connectivity index (χ2v) is 5.86. The highest BCUT2D eigenvalue weighted by atomic mass is 16.5. The molecule has 0 atom stereocenters. The van der Waals surface area contributed by atoms with E-state index in [1.54, 1.807) is 24.3 Å². The van der Waals surface area contributed by atoms with E-state index in [0.29, 0.717) is 24.1 Å². The van der Waals surface area contributed by atoms with Crippen LogP contribution in [0.25, 0.3) is 11.0 Å². The predicted molar refractivity (Wildman–Crippen MR) is 96.2 cm³/mol. The topological polar surface area (TPSA) is 68.5 Å². The Balaban J connectivity index is 1.61. The smallest absolute Gasteiger partial charge is 0.349 e. The van der Waals surface area contributed by atoms with E-state index in [1.807, 2.05) is 38.1 Å². The van der Waals surface area contributed by atoms with Crippen molar-refractivity contribution in [1.82, 2.24) is 5.32 Å². The number of nitrogens with one attached hydrogen (secondary N) is 1. The van der Waals surface area contributed by atoms with Crippen LogP contribution in [-0.2, 0) is 0 Å². The van der Waals surface area contributed by atoms with Gasteiger partial charge < -0.3 is 14.5 Å². The Hall–Kier alpha value is -3.08. The number of fused-ring (bicyclic) bond motifs is 1. The lowest BCUT2D eigenvalue weighted by atomic mass is 10.1. The molecule has 3 rings (SSSR count). The predicted octanol–water partition coefficient (Wildman–Crippen LogP) is 3.22. The first-order chi connectivity index (χ1) is 12.0. The summed E-state index contributed by atoms with van der Waals surface area (Å²) in [5.41, 5.74) is 2.02. The number of para-hydroxylation sites is 1. The molecule has 0 aliphatic carbocycles. The highest BCUT2D eigenvalue weighted by Crippen LogP contribution is 2.18. The van der Waals surface area contributed by atoms with Crippen LogP contribution < -0.4 is 15.7 Å². The number of rotatable bonds is 5. The molecule has 2 aromatic carbocycles. The lowest BCUT2D eigenvalue weighted by molar-refractivity contribution is 0.0943. The lowest BCUT2D eigenvalue weighted by Crippen LogP contribution is -2.31. The molecule has 5 heteroatoms. The van der Waals surface area contributed by atoms with Crippen LogP contribution in [0, 0.1) is 13.8 Å². The van der Waals surface area contributed by atoms with E-state index in [-0.39, 0.29) is 5.56 Å². The molecule has 1 amide bonds. The molecular weight excluding hydrogens is 318 g/mol. The van der Waals surface area contributed by atoms with Gasteiger partial charge in [0.2, 0.25) is 0 Å². The summed E-state index contributed by atoms with van der Waals surface area (Å²) in [6.45, 7) is 4.60. The third kappa shape index (κ3) is 3.88. The van der Waals surface area contributed by atoms with Gasteiger partial charge in [-0.05, 0) is 37.6 Å². The number of benzene rings is 2. The van der Waals surface area contributed by atoms with E-state index >= 15 is 0 Å². The fourth-order valence-corrected chi connectivity index (χ4v) is 2.60. The van der Waals surface area contributed by atoms with Crippen LogP contribution in [0.15, 0.2) is 57.7 Å². The van der Waals surface area contributed by atoms with Gasteiger partial charge >= 0.3 is 5.63 Å². The van der Waals surface area contributed by atoms with Gasteiger partial charge in [0.15, 0.2) is 0 Å². The van der Waals surface area contributed by atoms with Crippen molar-refractivity contribution >= 4 is 16.9 Å². The van der Waals surface area contributed by atoms with Crippen molar-refractivity contribution in [2.45, 2.75) is 13.8 Å². The maximum atomic E-state index is 12.2. The van der Waals surface area contributed by atoms with Gasteiger partial charge in [0.05, 0.1) is 6.54 Å². The molecule has 0 aliphatic rings. The van der Waals surface area contributed by atoms with Crippen molar-refractivity contribution in [2.75, 3.05) is 13.2 Å². The van der Waals surface area contributed by atoms with Crippen molar-refractivity contribution in [1.29, 1.82) is 0 Å². The monoisotopic (exact) mass is 337 g/mol. The van der Waals surface area contributed by atoms with E-state index in [0.717, 1.165) is 11.3 Å². The second kappa shape index (κ2) is 7.21. The Labute approximate surface area is 145 Å². The largest absolute Gasteiger partial charge is 0.491 e. The van der Waals surface area contributed by atoms with E-state index in [4.69, 9.17) is 9.15 Å². The number of amides is 1. The molecule has 1 heterocycles. The van der Waals surface area contributed by atoms with Crippen LogP contribution in [0.2, 0.25) is 0 Å². The Bertz CT molecular complexity index is 975. The zero-order valence-corrected chi connectivity index (χ0v) is 14.2. The number of hydrogen-bond acceptors (Lipinski definition) is 4. The van der Waals surface area contributed by atoms with Crippen molar-refractivity contribution in [3.63, 3.8) is 0 Å². The van der Waals surface area contributed by atoms with Gasteiger partial charge in [-0.3, -0.25) is 4.79 Å². The summed E-state index contributed by atoms with van der Waals surface area (Å²) in [5.74, 6) is 0.314. The zero-order chi connectivity index (χ0) is 17.8. The first-order valence-corrected chi connectivity index (χ1v) is 8.06. The molecule has 5 nitrogen and oxygen atoms in total. The molecule has 128 valence electrons. The number of aryl methyl sites for hydroxylation is 2. The fourth-order valence-electron chi connectivity index (χ4n) is 2.60. The number of ether oxygens (including phenoxy) is 1. The van der Waals surface area contributed by atoms with E-state index < -0.39 is 11.5 Å². The molecule has 3 aromatic rings. The van der Waals surface area contributed by atoms with Gasteiger partial charge in [-0.25, -0.2) is 4.79 Å². The molecule has 25 heavy (non-hydrogen) atoms. The highest BCUT2D eigenvalue weighted by Gasteiger charge is 2.13. The number of carbonyl (C=O) groups is 1. The highest BCUT2D eigenvalue weighted by molar-refractivity contribution is 5.96. The number of carbonyl (C=O) groups excluding carboxylic acids is 1. The minimum Gasteiger partial charge on any atom is -0.491 e. The molecule has 0 unspecified atom stereocenters. The standard InChI is InChI=1S/C20H19NO4/c1-13-7-8-17(14(2)11-13)24-10-9-21-19(22)16-12-15-5-3-4-6-18(15)25-20(16)23/h3-8,11-12H,9-10H2,1-2H3,(H,21,22). The van der Waals surface area contributed by atoms with Crippen LogP contribution in [0.4, 0.5) is 0 Å². The van der Waals surface area contributed by atoms with Crippen LogP contribution in [0.1, 0.15) is 21.5 Å². The van der Waals surface area contributed by atoms with Crippen LogP contribution in [0.3, 0.4) is 0 Å². The summed E-state index contributed by atoms with van der Waals surface area (Å²) in [6.07, 6.45) is 0. The summed E-state index contributed by atoms with van der Waals surface area (Å²) in [5, 5.41) is 3.39. The van der Waals surface area contributed by atoms with Gasteiger partial charge in [-0.1, -0.05) is 35.9 Å². The van der Waals surface area contributed by atoms with Gasteiger partial charge in [-0.15, -0.1) is 0 Å². The minimum absolute atomic E-state index is 0.00906. The van der Waals surface area contributed by atoms with Crippen LogP contribution in [0.5, 0.6) is 5.75 Å². The first kappa shape index (κ1) is 16.8. The Morgan fingerprint density at radius 3 is 2.72 bits per heavy atom. The zero-order valence-electron chi connectivity index (χ0n) is 14.2. The molecule has 0 aliphatic heterocycles. The van der Waals surface area contributed by atoms with Crippen molar-refractivity contribution in [3.05, 3.63) is 75.6 Å². The summed E-state index contributed by atoms with van der Waals surface area (Å²) in [6, 6.07) is 14.5. The van der Waals surface area contributed by atoms with Gasteiger partial charge in [-0.2, -0.15) is 0 Å². The second-order valence-electron chi connectivity index (χ2n) is 5.86. The van der Waals surface area contributed by atoms with E-state index in [9.17, 15) is 9.59 Å². The Morgan fingerprint density at radius 2 is 1.92 bits per heavy atom. The molecule has 0 fully saturated rings. The fraction of sp³-hybridized carbons (Fsp3) is 0.200. The maximum Gasteiger partial charge on any atom is 0.349 e. The summed E-state index contributed by atoms with van der Waals surface area (Å²) in [7, 11) is 0. The average Bonchev–Trinajstić information content (AvgIpc) is 2.59. The molecule has 1 N–H and O–H groups in total. The Kier molecular flexibility index (Phi) is 4.84. The molecule has 0 saturated heterocycles. The van der Waals surface area contributed by atoms with Gasteiger partial charge in [0.25, 0.3) is 5.91 Å². The average molecular weight is 337 g/mol. The minimum atomic E-state index is -0.647. The summed E-state index contributed by atoms with van der Waals surface area (Å²) < 4.78 is 10.8. The van der Waals surface area contributed by atoms with Crippen molar-refractivity contribution < 1.29 is 13.9 Å². The maximum absolute atomic E-state index is 12.2. The summed E-state index contributed by atoms with van der Waals surface area (Å²) in [4.78, 5) is 24.2. The van der Waals surface area contributed by atoms with Crippen LogP contribution in [-0.4, -0.2) is 19.1 Å².